The Labute approximate surface area is 359 Å². The first kappa shape index (κ1) is 48.5. The van der Waals surface area contributed by atoms with Gasteiger partial charge in [-0.3, -0.25) is 9.05 Å². The molecule has 1 unspecified atom stereocenters. The molecule has 0 amide bonds. The lowest BCUT2D eigenvalue weighted by Gasteiger charge is -2.29. The van der Waals surface area contributed by atoms with Crippen molar-refractivity contribution in [2.24, 2.45) is 0 Å². The molecule has 336 valence electrons. The molecule has 2 aliphatic heterocycles. The molecular formula is C44H64FN6O9P. The van der Waals surface area contributed by atoms with E-state index in [0.717, 1.165) is 25.3 Å². The van der Waals surface area contributed by atoms with Crippen molar-refractivity contribution in [3.63, 3.8) is 0 Å². The third-order valence-corrected chi connectivity index (χ3v) is 12.0. The molecule has 0 radical (unpaired) electrons. The summed E-state index contributed by atoms with van der Waals surface area (Å²) in [7, 11) is -4.85. The Morgan fingerprint density at radius 2 is 1.57 bits per heavy atom. The van der Waals surface area contributed by atoms with Crippen LogP contribution in [0.1, 0.15) is 146 Å². The van der Waals surface area contributed by atoms with Gasteiger partial charge < -0.3 is 34.3 Å². The van der Waals surface area contributed by atoms with Crippen molar-refractivity contribution in [2.45, 2.75) is 166 Å². The molecule has 0 spiro atoms. The van der Waals surface area contributed by atoms with Gasteiger partial charge >= 0.3 is 7.82 Å². The molecule has 6 atom stereocenters. The molecule has 61 heavy (non-hydrogen) atoms. The zero-order valence-electron chi connectivity index (χ0n) is 36.0. The molecular weight excluding hydrogens is 806 g/mol. The van der Waals surface area contributed by atoms with Crippen molar-refractivity contribution >= 4 is 19.2 Å². The second kappa shape index (κ2) is 23.8. The topological polar surface area (TPSA) is 206 Å². The summed E-state index contributed by atoms with van der Waals surface area (Å²) in [4.78, 5) is 14.9. The van der Waals surface area contributed by atoms with Crippen molar-refractivity contribution in [1.29, 1.82) is 10.5 Å². The maximum atomic E-state index is 14.2. The van der Waals surface area contributed by atoms with E-state index in [1.807, 2.05) is 6.07 Å². The zero-order valence-corrected chi connectivity index (χ0v) is 36.9. The van der Waals surface area contributed by atoms with Crippen molar-refractivity contribution in [2.75, 3.05) is 32.2 Å². The van der Waals surface area contributed by atoms with E-state index in [-0.39, 0.29) is 24.6 Å². The first-order chi connectivity index (χ1) is 29.4. The van der Waals surface area contributed by atoms with E-state index in [2.05, 4.69) is 23.1 Å². The standard InChI is InChI=1S/C44H64FN6O9P/c1-4-5-6-7-8-9-10-11-12-13-14-15-16-17-18-19-22-54-28-36(55-27-34-23-33(26-46)24-35(45)25-34)29-56-61(52,53)57-31-44(30-47)41-40(58-43(2,3)60-41)39(59-44)37-20-21-38-42(48)49-32-50-51(37)38/h20-21,23-25,32,36,39-41H,4-19,22,27-29,31H2,1-3H3,(H,52,53)(H2,48,49,50)/t36-,39+,40+,41+,44-/m1/s1. The van der Waals surface area contributed by atoms with Gasteiger partial charge in [0.05, 0.1) is 37.1 Å². The highest BCUT2D eigenvalue weighted by Crippen LogP contribution is 2.52. The number of nitrogen functional groups attached to an aromatic ring is 1. The van der Waals surface area contributed by atoms with E-state index < -0.39 is 62.7 Å². The Morgan fingerprint density at radius 3 is 2.21 bits per heavy atom. The van der Waals surface area contributed by atoms with E-state index in [0.29, 0.717) is 23.4 Å². The lowest BCUT2D eigenvalue weighted by atomic mass is 9.96. The van der Waals surface area contributed by atoms with Gasteiger partial charge in [0.2, 0.25) is 5.60 Å². The maximum absolute atomic E-state index is 14.2. The Kier molecular flexibility index (Phi) is 18.9. The van der Waals surface area contributed by atoms with Crippen LogP contribution in [0.4, 0.5) is 10.2 Å². The number of rotatable bonds is 29. The summed E-state index contributed by atoms with van der Waals surface area (Å²) in [6.45, 7) is 4.82. The number of phosphoric acid groups is 1. The van der Waals surface area contributed by atoms with Crippen LogP contribution in [0.5, 0.6) is 0 Å². The van der Waals surface area contributed by atoms with Crippen LogP contribution in [0.15, 0.2) is 36.7 Å². The number of aromatic nitrogens is 3. The fourth-order valence-electron chi connectivity index (χ4n) is 7.90. The van der Waals surface area contributed by atoms with E-state index >= 15 is 0 Å². The number of benzene rings is 1. The highest BCUT2D eigenvalue weighted by molar-refractivity contribution is 7.47. The number of phosphoric ester groups is 1. The summed E-state index contributed by atoms with van der Waals surface area (Å²) in [5.41, 5.74) is 5.69. The molecule has 17 heteroatoms. The van der Waals surface area contributed by atoms with Crippen LogP contribution >= 0.6 is 7.82 Å². The Hall–Kier alpha value is -3.54. The number of ether oxygens (including phenoxy) is 5. The van der Waals surface area contributed by atoms with Gasteiger partial charge in [-0.15, -0.1) is 0 Å². The van der Waals surface area contributed by atoms with Crippen LogP contribution < -0.4 is 5.73 Å². The summed E-state index contributed by atoms with van der Waals surface area (Å²) in [5.74, 6) is -1.47. The summed E-state index contributed by atoms with van der Waals surface area (Å²) in [6, 6.07) is 11.3. The molecule has 0 aliphatic carbocycles. The number of nitriles is 2. The maximum Gasteiger partial charge on any atom is 0.472 e. The third kappa shape index (κ3) is 14.5. The van der Waals surface area contributed by atoms with Crippen LogP contribution in [-0.2, 0) is 43.9 Å². The van der Waals surface area contributed by atoms with Crippen LogP contribution in [0, 0.1) is 28.5 Å². The molecule has 2 aliphatic rings. The monoisotopic (exact) mass is 870 g/mol. The minimum atomic E-state index is -4.85. The van der Waals surface area contributed by atoms with E-state index in [1.165, 1.54) is 106 Å². The van der Waals surface area contributed by atoms with Crippen LogP contribution in [-0.4, -0.2) is 75.6 Å². The fraction of sp³-hybridized carbons (Fsp3) is 0.682. The summed E-state index contributed by atoms with van der Waals surface area (Å²) in [5, 5.41) is 24.1. The number of hydrogen-bond donors (Lipinski definition) is 2. The zero-order chi connectivity index (χ0) is 43.7. The highest BCUT2D eigenvalue weighted by atomic mass is 31.2. The number of unbranched alkanes of at least 4 members (excludes halogenated alkanes) is 15. The molecule has 5 rings (SSSR count). The molecule has 1 aromatic carbocycles. The average Bonchev–Trinajstić information content (AvgIpc) is 3.90. The summed E-state index contributed by atoms with van der Waals surface area (Å²) in [6.07, 6.45) is 17.8. The highest BCUT2D eigenvalue weighted by Gasteiger charge is 2.65. The largest absolute Gasteiger partial charge is 0.472 e. The van der Waals surface area contributed by atoms with Gasteiger partial charge in [-0.05, 0) is 56.2 Å². The normalized spacial score (nSPS) is 22.2. The third-order valence-electron chi connectivity index (χ3n) is 11.1. The van der Waals surface area contributed by atoms with Gasteiger partial charge in [0, 0.05) is 6.61 Å². The molecule has 2 aromatic heterocycles. The minimum absolute atomic E-state index is 0.00937. The molecule has 0 bridgehead atoms. The number of anilines is 1. The lowest BCUT2D eigenvalue weighted by molar-refractivity contribution is -0.204. The smallest absolute Gasteiger partial charge is 0.382 e. The lowest BCUT2D eigenvalue weighted by Crippen LogP contribution is -2.45. The van der Waals surface area contributed by atoms with Crippen molar-refractivity contribution < 1.29 is 46.6 Å². The molecule has 2 fully saturated rings. The number of hydrogen-bond acceptors (Lipinski definition) is 13. The van der Waals surface area contributed by atoms with Gasteiger partial charge in [0.15, 0.2) is 11.6 Å². The SMILES string of the molecule is CCCCCCCCCCCCCCCCCCOC[C@H](COP(=O)(O)OC[C@@]1(C#N)O[C@@H](c2ccc3c(N)ncnn23)[C@@H]2OC(C)(C)O[C@@H]21)OCc1cc(F)cc(C#N)c1. The van der Waals surface area contributed by atoms with Crippen molar-refractivity contribution in [3.8, 4) is 12.1 Å². The summed E-state index contributed by atoms with van der Waals surface area (Å²) < 4.78 is 70.3. The first-order valence-corrected chi connectivity index (χ1v) is 23.4. The second-order valence-corrected chi connectivity index (χ2v) is 18.0. The molecule has 15 nitrogen and oxygen atoms in total. The molecule has 0 saturated carbocycles. The van der Waals surface area contributed by atoms with Gasteiger partial charge in [-0.2, -0.15) is 15.6 Å². The summed E-state index contributed by atoms with van der Waals surface area (Å²) >= 11 is 0. The molecule has 4 heterocycles. The predicted octanol–water partition coefficient (Wildman–Crippen LogP) is 9.17. The van der Waals surface area contributed by atoms with Gasteiger partial charge in [-0.1, -0.05) is 103 Å². The van der Waals surface area contributed by atoms with E-state index in [4.69, 9.17) is 38.5 Å². The Balaban J connectivity index is 1.09. The Bertz CT molecular complexity index is 1960. The number of halogens is 1. The number of nitrogens with zero attached hydrogens (tertiary/aromatic N) is 5. The van der Waals surface area contributed by atoms with Gasteiger partial charge in [0.1, 0.15) is 54.8 Å². The van der Waals surface area contributed by atoms with Crippen LogP contribution in [0.3, 0.4) is 0 Å². The van der Waals surface area contributed by atoms with E-state index in [1.54, 1.807) is 26.0 Å². The molecule has 3 aromatic rings. The van der Waals surface area contributed by atoms with Crippen molar-refractivity contribution in [1.82, 2.24) is 14.6 Å². The van der Waals surface area contributed by atoms with Gasteiger partial charge in [-0.25, -0.2) is 18.5 Å². The fourth-order valence-corrected chi connectivity index (χ4v) is 8.69. The molecule has 3 N–H and O–H groups in total. The quantitative estimate of drug-likeness (QED) is 0.0493. The Morgan fingerprint density at radius 1 is 0.918 bits per heavy atom. The molecule has 2 saturated heterocycles. The first-order valence-electron chi connectivity index (χ1n) is 21.9. The number of fused-ring (bicyclic) bond motifs is 2. The van der Waals surface area contributed by atoms with Crippen LogP contribution in [0.2, 0.25) is 0 Å². The minimum Gasteiger partial charge on any atom is -0.382 e. The predicted molar refractivity (Wildman–Crippen MR) is 225 cm³/mol. The van der Waals surface area contributed by atoms with Crippen molar-refractivity contribution in [3.05, 3.63) is 59.3 Å². The van der Waals surface area contributed by atoms with Crippen LogP contribution in [0.25, 0.3) is 5.52 Å². The van der Waals surface area contributed by atoms with Gasteiger partial charge in [0.25, 0.3) is 0 Å². The van der Waals surface area contributed by atoms with E-state index in [9.17, 15) is 24.4 Å². The second-order valence-electron chi connectivity index (χ2n) is 16.6. The average molecular weight is 871 g/mol. The number of nitrogens with two attached hydrogens (primary N) is 1.